The van der Waals surface area contributed by atoms with Crippen LogP contribution in [0.2, 0.25) is 0 Å². The second kappa shape index (κ2) is 43.3. The van der Waals surface area contributed by atoms with Gasteiger partial charge in [0.05, 0.1) is 41.7 Å². The van der Waals surface area contributed by atoms with Gasteiger partial charge < -0.3 is 47.6 Å². The van der Waals surface area contributed by atoms with Crippen molar-refractivity contribution in [1.82, 2.24) is 4.90 Å². The van der Waals surface area contributed by atoms with E-state index in [4.69, 9.17) is 43.0 Å². The number of benzene rings is 7. The molecule has 4 aliphatic carbocycles. The molecule has 0 aromatic heterocycles. The number of aryl methyl sites for hydroxylation is 3. The second-order valence-electron chi connectivity index (χ2n) is 28.1. The number of rotatable bonds is 28. The summed E-state index contributed by atoms with van der Waals surface area (Å²) in [4.78, 5) is 6.19. The van der Waals surface area contributed by atoms with Gasteiger partial charge >= 0.3 is 0 Å². The minimum absolute atomic E-state index is 0.0146. The molecule has 13 nitrogen and oxygen atoms in total. The molecule has 0 amide bonds. The van der Waals surface area contributed by atoms with Crippen LogP contribution in [0.4, 0.5) is 0 Å². The van der Waals surface area contributed by atoms with Crippen LogP contribution in [0.1, 0.15) is 158 Å². The summed E-state index contributed by atoms with van der Waals surface area (Å²) in [5.74, 6) is 7.52. The molecule has 0 aliphatic heterocycles. The number of fused-ring (bicyclic) bond motifs is 6. The molecule has 2 bridgehead atoms. The summed E-state index contributed by atoms with van der Waals surface area (Å²) in [6, 6.07) is 60.5. The van der Waals surface area contributed by atoms with E-state index in [1.165, 1.54) is 64.3 Å². The van der Waals surface area contributed by atoms with Gasteiger partial charge in [0, 0.05) is 46.9 Å². The third-order valence-electron chi connectivity index (χ3n) is 20.1. The summed E-state index contributed by atoms with van der Waals surface area (Å²) < 4.78 is 75.7. The van der Waals surface area contributed by atoms with Crippen molar-refractivity contribution in [3.63, 3.8) is 0 Å². The van der Waals surface area contributed by atoms with Crippen LogP contribution in [0.15, 0.2) is 196 Å². The molecule has 548 valence electrons. The maximum absolute atomic E-state index is 10.8. The fraction of sp³-hybridized carbons (Fsp3) is 0.506. The molecule has 11 rings (SSSR count). The minimum Gasteiger partial charge on any atom is -0.744 e. The Labute approximate surface area is 605 Å². The third kappa shape index (κ3) is 26.4. The highest BCUT2D eigenvalue weighted by Gasteiger charge is 2.55. The Balaban J connectivity index is 0.000000195. The number of phenolic OH excluding ortho intramolecular Hbond substituents is 1. The summed E-state index contributed by atoms with van der Waals surface area (Å²) in [7, 11) is 0.473. The minimum atomic E-state index is -4.33. The Kier molecular flexibility index (Phi) is 35.9. The first-order chi connectivity index (χ1) is 48.0. The summed E-state index contributed by atoms with van der Waals surface area (Å²) in [6.45, 7) is 30.6. The van der Waals surface area contributed by atoms with E-state index < -0.39 is 10.1 Å². The first-order valence-corrected chi connectivity index (χ1v) is 38.8. The van der Waals surface area contributed by atoms with E-state index in [2.05, 4.69) is 207 Å². The molecule has 1 N–H and O–H groups in total. The lowest BCUT2D eigenvalue weighted by atomic mass is 9.80. The molecule has 0 saturated heterocycles. The van der Waals surface area contributed by atoms with Crippen LogP contribution in [0.5, 0.6) is 11.5 Å². The van der Waals surface area contributed by atoms with E-state index >= 15 is 0 Å². The molecule has 3 saturated carbocycles. The first-order valence-electron chi connectivity index (χ1n) is 36.2. The number of ether oxygens (including phenoxy) is 8. The van der Waals surface area contributed by atoms with Crippen LogP contribution in [-0.2, 0) is 66.0 Å². The lowest BCUT2D eigenvalue weighted by Crippen LogP contribution is -2.37. The topological polar surface area (TPSA) is 155 Å². The smallest absolute Gasteiger partial charge is 0.202 e. The van der Waals surface area contributed by atoms with Crippen LogP contribution < -0.4 is 4.74 Å². The molecular formula is C85H119NO12S2. The van der Waals surface area contributed by atoms with Crippen molar-refractivity contribution in [2.75, 3.05) is 81.2 Å². The number of aromatic hydroxyl groups is 1. The molecule has 0 radical (unpaired) electrons. The molecule has 0 spiro atoms. The molecule has 7 aromatic rings. The Hall–Kier alpha value is -5.92. The van der Waals surface area contributed by atoms with Crippen molar-refractivity contribution >= 4 is 21.0 Å². The van der Waals surface area contributed by atoms with Crippen LogP contribution in [0.25, 0.3) is 0 Å². The first kappa shape index (κ1) is 83.0. The Morgan fingerprint density at radius 1 is 0.620 bits per heavy atom. The average Bonchev–Trinajstić information content (AvgIpc) is 1.59. The van der Waals surface area contributed by atoms with Crippen molar-refractivity contribution in [2.45, 2.75) is 184 Å². The van der Waals surface area contributed by atoms with E-state index in [1.54, 1.807) is 70.6 Å². The van der Waals surface area contributed by atoms with E-state index in [9.17, 15) is 13.0 Å². The van der Waals surface area contributed by atoms with Gasteiger partial charge in [0.15, 0.2) is 14.7 Å². The van der Waals surface area contributed by atoms with Crippen molar-refractivity contribution in [2.24, 2.45) is 35.5 Å². The van der Waals surface area contributed by atoms with Gasteiger partial charge in [0.2, 0.25) is 6.29 Å². The van der Waals surface area contributed by atoms with Gasteiger partial charge in [0.25, 0.3) is 0 Å². The van der Waals surface area contributed by atoms with Crippen molar-refractivity contribution < 1.29 is 56.0 Å². The molecule has 100 heavy (non-hydrogen) atoms. The highest BCUT2D eigenvalue weighted by atomic mass is 32.2. The number of hydrogen-bond acceptors (Lipinski definition) is 13. The van der Waals surface area contributed by atoms with Gasteiger partial charge in [-0.3, -0.25) is 4.90 Å². The Morgan fingerprint density at radius 3 is 1.55 bits per heavy atom. The number of hydrogen-bond donors (Lipinski definition) is 1. The Morgan fingerprint density at radius 2 is 1.10 bits per heavy atom. The van der Waals surface area contributed by atoms with Crippen molar-refractivity contribution in [1.29, 1.82) is 0 Å². The standard InChI is InChI=1S/C25H38O2.C18H15S.C12H27NO6.C11H14.C10H14O.C9H12O3S/c1-6-25(4,5)18-10-12-19(13-11-18)26-24(16(2)3)27-23-15-17-14-22(23)21-9-7-8-20(17)21;1-4-10-16(11-5-1)19(17-12-6-2-7-13-17)18-14-8-3-9-15-18;1-14-10-17-7-4-13(5-8-18-11-15-2)6-9-19-12-16-3;1-8-7-10-5-3-4-6-11(10)9(8)2;1-3-8(2)9-4-6-10(11)7-5-9;1-6-4-7(2)9(8(3)5-6)13(10,11)12/h10-13,16-17,20-24H,6-9,14-15H2,1-5H3;1-15H;4-12H2,1-3H3;3-6,8-9H,7H2,1-2H3;4-8,11H,3H2,1-2H3;4-5H,1-3H3,(H,10,11,12)/q;+1;;;;/p-1. The van der Waals surface area contributed by atoms with Crippen molar-refractivity contribution in [3.8, 4) is 11.5 Å². The van der Waals surface area contributed by atoms with Crippen LogP contribution >= 0.6 is 0 Å². The number of methoxy groups -OCH3 is 3. The van der Waals surface area contributed by atoms with Gasteiger partial charge in [-0.25, -0.2) is 8.42 Å². The van der Waals surface area contributed by atoms with Gasteiger partial charge in [-0.05, 0) is 207 Å². The van der Waals surface area contributed by atoms with E-state index in [1.807, 2.05) is 19.1 Å². The van der Waals surface area contributed by atoms with Gasteiger partial charge in [-0.2, -0.15) is 0 Å². The lowest BCUT2D eigenvalue weighted by Gasteiger charge is -2.35. The van der Waals surface area contributed by atoms with Crippen LogP contribution in [-0.4, -0.2) is 117 Å². The number of phenols is 1. The van der Waals surface area contributed by atoms with Crippen molar-refractivity contribution in [3.05, 3.63) is 215 Å². The van der Waals surface area contributed by atoms with Crippen LogP contribution in [0, 0.1) is 56.3 Å². The predicted molar refractivity (Wildman–Crippen MR) is 405 cm³/mol. The molecule has 9 unspecified atom stereocenters. The van der Waals surface area contributed by atoms with E-state index in [0.29, 0.717) is 75.0 Å². The van der Waals surface area contributed by atoms with Crippen LogP contribution in [0.3, 0.4) is 0 Å². The third-order valence-corrected chi connectivity index (χ3v) is 23.4. The molecule has 4 aliphatic rings. The molecule has 9 atom stereocenters. The zero-order chi connectivity index (χ0) is 72.6. The number of nitrogens with zero attached hydrogens (tertiary/aromatic N) is 1. The molecule has 0 heterocycles. The fourth-order valence-electron chi connectivity index (χ4n) is 14.0. The monoisotopic (exact) mass is 1410 g/mol. The second-order valence-corrected chi connectivity index (χ2v) is 31.4. The van der Waals surface area contributed by atoms with Gasteiger partial charge in [0.1, 0.15) is 42.0 Å². The quantitative estimate of drug-likeness (QED) is 0.0214. The normalized spacial score (nSPS) is 19.3. The average molecular weight is 1410 g/mol. The molecular weight excluding hydrogens is 1290 g/mol. The Bertz CT molecular complexity index is 3340. The summed E-state index contributed by atoms with van der Waals surface area (Å²) >= 11 is 0. The fourth-order valence-corrected chi connectivity index (χ4v) is 17.0. The maximum atomic E-state index is 10.8. The molecule has 3 fully saturated rings. The summed E-state index contributed by atoms with van der Waals surface area (Å²) in [6.07, 6.45) is 10.9. The summed E-state index contributed by atoms with van der Waals surface area (Å²) in [5.41, 5.74) is 8.02. The van der Waals surface area contributed by atoms with E-state index in [-0.39, 0.29) is 27.5 Å². The zero-order valence-electron chi connectivity index (χ0n) is 62.7. The summed E-state index contributed by atoms with van der Waals surface area (Å²) in [5, 5.41) is 9.01. The van der Waals surface area contributed by atoms with E-state index in [0.717, 1.165) is 79.3 Å². The lowest BCUT2D eigenvalue weighted by molar-refractivity contribution is -0.162. The maximum Gasteiger partial charge on any atom is 0.202 e. The highest BCUT2D eigenvalue weighted by molar-refractivity contribution is 7.97. The van der Waals surface area contributed by atoms with Gasteiger partial charge in [-0.1, -0.05) is 190 Å². The molecule has 7 aromatic carbocycles. The zero-order valence-corrected chi connectivity index (χ0v) is 64.4. The molecule has 15 heteroatoms. The van der Waals surface area contributed by atoms with Gasteiger partial charge in [-0.15, -0.1) is 0 Å². The highest BCUT2D eigenvalue weighted by Crippen LogP contribution is 2.59. The largest absolute Gasteiger partial charge is 0.744 e. The predicted octanol–water partition coefficient (Wildman–Crippen LogP) is 18.9. The SMILES string of the molecule is CC1Cc2ccccc2C1C.CCC(C)(C)c1ccc(OC(OC2CC3CC2C2CCCC32)C(C)C)cc1.CCC(C)c1ccc(O)cc1.COCOCCN(CCOCOC)CCOCOC.Cc1cc(C)c(S(=O)(=O)[O-])c(C)c1.c1ccc([S+](c2ccccc2)c2ccccc2)cc1.